The predicted molar refractivity (Wildman–Crippen MR) is 93.3 cm³/mol. The first-order valence-corrected chi connectivity index (χ1v) is 8.79. The molecule has 3 heteroatoms. The molecule has 2 N–H and O–H groups in total. The van der Waals surface area contributed by atoms with Crippen LogP contribution in [0.1, 0.15) is 70.3 Å². The lowest BCUT2D eigenvalue weighted by Crippen LogP contribution is -2.36. The molecule has 1 aliphatic carbocycles. The predicted octanol–water partition coefficient (Wildman–Crippen LogP) is 4.45. The molecular formula is C19H30N2O. The quantitative estimate of drug-likeness (QED) is 0.843. The van der Waals surface area contributed by atoms with Crippen molar-refractivity contribution >= 4 is 11.6 Å². The number of carbonyl (C=O) groups excluding carboxylic acids is 1. The SMILES string of the molecule is CC(C)c1ccccc1NC(=O)CNC1CCCCCCC1. The minimum absolute atomic E-state index is 0.0650. The Kier molecular flexibility index (Phi) is 6.91. The van der Waals surface area contributed by atoms with Gasteiger partial charge in [0.25, 0.3) is 0 Å². The Bertz CT molecular complexity index is 462. The highest BCUT2D eigenvalue weighted by Crippen LogP contribution is 2.23. The molecule has 0 saturated heterocycles. The molecule has 22 heavy (non-hydrogen) atoms. The van der Waals surface area contributed by atoms with Gasteiger partial charge >= 0.3 is 0 Å². The molecule has 0 atom stereocenters. The number of carbonyl (C=O) groups is 1. The van der Waals surface area contributed by atoms with Gasteiger partial charge in [-0.15, -0.1) is 0 Å². The summed E-state index contributed by atoms with van der Waals surface area (Å²) in [4.78, 5) is 12.2. The van der Waals surface area contributed by atoms with Gasteiger partial charge in [-0.05, 0) is 30.4 Å². The number of hydrogen-bond donors (Lipinski definition) is 2. The summed E-state index contributed by atoms with van der Waals surface area (Å²) < 4.78 is 0. The van der Waals surface area contributed by atoms with E-state index >= 15 is 0 Å². The van der Waals surface area contributed by atoms with E-state index in [-0.39, 0.29) is 5.91 Å². The minimum Gasteiger partial charge on any atom is -0.325 e. The van der Waals surface area contributed by atoms with E-state index in [9.17, 15) is 4.79 Å². The Morgan fingerprint density at radius 1 is 1.09 bits per heavy atom. The second-order valence-corrected chi connectivity index (χ2v) is 6.71. The number of anilines is 1. The van der Waals surface area contributed by atoms with Gasteiger partial charge in [-0.3, -0.25) is 4.79 Å². The van der Waals surface area contributed by atoms with Crippen LogP contribution in [0, 0.1) is 0 Å². The summed E-state index contributed by atoms with van der Waals surface area (Å²) in [5.41, 5.74) is 2.14. The second kappa shape index (κ2) is 8.94. The molecule has 1 amide bonds. The Balaban J connectivity index is 1.82. The summed E-state index contributed by atoms with van der Waals surface area (Å²) in [5.74, 6) is 0.477. The molecule has 0 unspecified atom stereocenters. The molecule has 0 radical (unpaired) electrons. The van der Waals surface area contributed by atoms with Gasteiger partial charge in [0.1, 0.15) is 0 Å². The molecule has 1 aromatic rings. The van der Waals surface area contributed by atoms with Crippen LogP contribution < -0.4 is 10.6 Å². The summed E-state index contributed by atoms with van der Waals surface area (Å²) >= 11 is 0. The lowest BCUT2D eigenvalue weighted by molar-refractivity contribution is -0.115. The van der Waals surface area contributed by atoms with Crippen LogP contribution in [-0.4, -0.2) is 18.5 Å². The lowest BCUT2D eigenvalue weighted by atomic mass is 9.97. The molecule has 1 saturated carbocycles. The Labute approximate surface area is 134 Å². The van der Waals surface area contributed by atoms with Crippen molar-refractivity contribution in [2.45, 2.75) is 70.8 Å². The molecule has 122 valence electrons. The van der Waals surface area contributed by atoms with Crippen LogP contribution in [0.5, 0.6) is 0 Å². The third-order valence-corrected chi connectivity index (χ3v) is 4.51. The normalized spacial score (nSPS) is 17.0. The van der Waals surface area contributed by atoms with Crippen LogP contribution in [0.4, 0.5) is 5.69 Å². The van der Waals surface area contributed by atoms with Gasteiger partial charge < -0.3 is 10.6 Å². The summed E-state index contributed by atoms with van der Waals surface area (Å²) in [5, 5.41) is 6.50. The fourth-order valence-electron chi connectivity index (χ4n) is 3.21. The number of amides is 1. The summed E-state index contributed by atoms with van der Waals surface area (Å²) in [6.45, 7) is 4.71. The van der Waals surface area contributed by atoms with E-state index in [1.165, 1.54) is 50.5 Å². The molecule has 2 rings (SSSR count). The first-order chi connectivity index (χ1) is 10.7. The summed E-state index contributed by atoms with van der Waals surface area (Å²) in [7, 11) is 0. The Morgan fingerprint density at radius 3 is 2.41 bits per heavy atom. The Morgan fingerprint density at radius 2 is 1.73 bits per heavy atom. The highest BCUT2D eigenvalue weighted by molar-refractivity contribution is 5.93. The van der Waals surface area contributed by atoms with E-state index in [2.05, 4.69) is 30.5 Å². The number of benzene rings is 1. The highest BCUT2D eigenvalue weighted by atomic mass is 16.1. The second-order valence-electron chi connectivity index (χ2n) is 6.71. The molecular weight excluding hydrogens is 272 g/mol. The van der Waals surface area contributed by atoms with Crippen molar-refractivity contribution in [1.82, 2.24) is 5.32 Å². The summed E-state index contributed by atoms with van der Waals surface area (Å²) in [6, 6.07) is 8.58. The molecule has 0 aromatic heterocycles. The van der Waals surface area contributed by atoms with Crippen molar-refractivity contribution in [1.29, 1.82) is 0 Å². The van der Waals surface area contributed by atoms with Gasteiger partial charge in [-0.25, -0.2) is 0 Å². The van der Waals surface area contributed by atoms with Gasteiger partial charge in [0.15, 0.2) is 0 Å². The fourth-order valence-corrected chi connectivity index (χ4v) is 3.21. The molecule has 0 heterocycles. The Hall–Kier alpha value is -1.35. The van der Waals surface area contributed by atoms with E-state index < -0.39 is 0 Å². The fraction of sp³-hybridized carbons (Fsp3) is 0.632. The van der Waals surface area contributed by atoms with E-state index in [0.29, 0.717) is 18.5 Å². The van der Waals surface area contributed by atoms with Crippen molar-refractivity contribution < 1.29 is 4.79 Å². The van der Waals surface area contributed by atoms with E-state index in [1.807, 2.05) is 18.2 Å². The average molecular weight is 302 g/mol. The van der Waals surface area contributed by atoms with Crippen LogP contribution in [0.25, 0.3) is 0 Å². The molecule has 3 nitrogen and oxygen atoms in total. The smallest absolute Gasteiger partial charge is 0.238 e. The highest BCUT2D eigenvalue weighted by Gasteiger charge is 2.13. The first-order valence-electron chi connectivity index (χ1n) is 8.79. The zero-order valence-electron chi connectivity index (χ0n) is 14.0. The van der Waals surface area contributed by atoms with E-state index in [0.717, 1.165) is 5.69 Å². The maximum atomic E-state index is 12.2. The minimum atomic E-state index is 0.0650. The van der Waals surface area contributed by atoms with Crippen molar-refractivity contribution in [2.24, 2.45) is 0 Å². The number of para-hydroxylation sites is 1. The van der Waals surface area contributed by atoms with Gasteiger partial charge in [-0.2, -0.15) is 0 Å². The zero-order chi connectivity index (χ0) is 15.8. The van der Waals surface area contributed by atoms with Crippen molar-refractivity contribution in [3.63, 3.8) is 0 Å². The van der Waals surface area contributed by atoms with Crippen molar-refractivity contribution in [3.05, 3.63) is 29.8 Å². The number of rotatable bonds is 5. The molecule has 1 aliphatic rings. The van der Waals surface area contributed by atoms with E-state index in [4.69, 9.17) is 0 Å². The molecule has 1 fully saturated rings. The van der Waals surface area contributed by atoms with Gasteiger partial charge in [0, 0.05) is 11.7 Å². The van der Waals surface area contributed by atoms with Gasteiger partial charge in [-0.1, -0.05) is 64.2 Å². The molecule has 0 bridgehead atoms. The third kappa shape index (κ3) is 5.45. The summed E-state index contributed by atoms with van der Waals surface area (Å²) in [6.07, 6.45) is 9.04. The van der Waals surface area contributed by atoms with E-state index in [1.54, 1.807) is 0 Å². The lowest BCUT2D eigenvalue weighted by Gasteiger charge is -2.21. The standard InChI is InChI=1S/C19H30N2O/c1-15(2)17-12-8-9-13-18(17)21-19(22)14-20-16-10-6-4-3-5-7-11-16/h8-9,12-13,15-16,20H,3-7,10-11,14H2,1-2H3,(H,21,22). The monoisotopic (exact) mass is 302 g/mol. The van der Waals surface area contributed by atoms with Gasteiger partial charge in [0.05, 0.1) is 6.54 Å². The maximum Gasteiger partial charge on any atom is 0.238 e. The average Bonchev–Trinajstić information content (AvgIpc) is 2.46. The number of nitrogens with one attached hydrogen (secondary N) is 2. The molecule has 0 aliphatic heterocycles. The zero-order valence-corrected chi connectivity index (χ0v) is 14.0. The van der Waals surface area contributed by atoms with Gasteiger partial charge in [0.2, 0.25) is 5.91 Å². The number of hydrogen-bond acceptors (Lipinski definition) is 2. The van der Waals surface area contributed by atoms with Crippen LogP contribution in [0.15, 0.2) is 24.3 Å². The van der Waals surface area contributed by atoms with Crippen molar-refractivity contribution in [2.75, 3.05) is 11.9 Å². The van der Waals surface area contributed by atoms with Crippen LogP contribution in [0.3, 0.4) is 0 Å². The molecule has 1 aromatic carbocycles. The largest absolute Gasteiger partial charge is 0.325 e. The topological polar surface area (TPSA) is 41.1 Å². The van der Waals surface area contributed by atoms with Crippen LogP contribution >= 0.6 is 0 Å². The van der Waals surface area contributed by atoms with Crippen LogP contribution in [-0.2, 0) is 4.79 Å². The molecule has 0 spiro atoms. The third-order valence-electron chi connectivity index (χ3n) is 4.51. The van der Waals surface area contributed by atoms with Crippen LogP contribution in [0.2, 0.25) is 0 Å². The maximum absolute atomic E-state index is 12.2. The first kappa shape index (κ1) is 17.0. The van der Waals surface area contributed by atoms with Crippen molar-refractivity contribution in [3.8, 4) is 0 Å².